The van der Waals surface area contributed by atoms with Crippen LogP contribution >= 0.6 is 11.6 Å². The molecule has 7 heteroatoms. The van der Waals surface area contributed by atoms with Crippen LogP contribution in [-0.4, -0.2) is 59.2 Å². The average Bonchev–Trinajstić information content (AvgIpc) is 3.10. The zero-order valence-electron chi connectivity index (χ0n) is 12.4. The molecule has 1 aliphatic rings. The third kappa shape index (κ3) is 3.78. The number of hydrogen-bond acceptors (Lipinski definition) is 5. The van der Waals surface area contributed by atoms with Crippen LogP contribution in [0.3, 0.4) is 0 Å². The number of aromatic nitrogens is 1. The van der Waals surface area contributed by atoms with Crippen molar-refractivity contribution in [2.75, 3.05) is 32.7 Å². The van der Waals surface area contributed by atoms with Crippen LogP contribution in [0.15, 0.2) is 41.1 Å². The van der Waals surface area contributed by atoms with Crippen molar-refractivity contribution in [1.82, 2.24) is 14.8 Å². The van der Waals surface area contributed by atoms with Gasteiger partial charge in [0.25, 0.3) is 5.91 Å². The summed E-state index contributed by atoms with van der Waals surface area (Å²) in [5, 5.41) is 0.364. The predicted molar refractivity (Wildman–Crippen MR) is 84.6 cm³/mol. The molecule has 2 aromatic rings. The Labute approximate surface area is 138 Å². The minimum Gasteiger partial charge on any atom is -0.461 e. The average molecular weight is 334 g/mol. The SMILES string of the molecule is O=C(CN1CCN(C(=O)c2ccc(Cl)nc2)CC1)c1ccco1. The lowest BCUT2D eigenvalue weighted by molar-refractivity contribution is 0.0620. The molecule has 0 aromatic carbocycles. The molecule has 23 heavy (non-hydrogen) atoms. The molecule has 6 nitrogen and oxygen atoms in total. The molecule has 0 radical (unpaired) electrons. The summed E-state index contributed by atoms with van der Waals surface area (Å²) < 4.78 is 5.11. The normalized spacial score (nSPS) is 15.6. The number of piperazine rings is 1. The first-order valence-corrected chi connectivity index (χ1v) is 7.71. The molecule has 1 aliphatic heterocycles. The highest BCUT2D eigenvalue weighted by atomic mass is 35.5. The van der Waals surface area contributed by atoms with Crippen LogP contribution in [0.25, 0.3) is 0 Å². The Balaban J connectivity index is 1.53. The van der Waals surface area contributed by atoms with Gasteiger partial charge in [-0.1, -0.05) is 11.6 Å². The van der Waals surface area contributed by atoms with E-state index in [0.717, 1.165) is 0 Å². The van der Waals surface area contributed by atoms with Crippen LogP contribution < -0.4 is 0 Å². The van der Waals surface area contributed by atoms with Gasteiger partial charge in [-0.2, -0.15) is 0 Å². The van der Waals surface area contributed by atoms with Crippen LogP contribution in [0, 0.1) is 0 Å². The summed E-state index contributed by atoms with van der Waals surface area (Å²) in [5.74, 6) is 0.263. The Bertz CT molecular complexity index is 677. The number of halogens is 1. The number of carbonyl (C=O) groups is 2. The molecular weight excluding hydrogens is 318 g/mol. The molecule has 3 rings (SSSR count). The number of furan rings is 1. The lowest BCUT2D eigenvalue weighted by Crippen LogP contribution is -2.49. The first-order chi connectivity index (χ1) is 11.1. The van der Waals surface area contributed by atoms with Crippen molar-refractivity contribution in [3.05, 3.63) is 53.2 Å². The summed E-state index contributed by atoms with van der Waals surface area (Å²) in [6.45, 7) is 2.76. The fourth-order valence-electron chi connectivity index (χ4n) is 2.51. The van der Waals surface area contributed by atoms with Gasteiger partial charge in [0.05, 0.1) is 18.4 Å². The summed E-state index contributed by atoms with van der Waals surface area (Å²) in [7, 11) is 0. The molecule has 0 bridgehead atoms. The maximum absolute atomic E-state index is 12.4. The number of carbonyl (C=O) groups excluding carboxylic acids is 2. The van der Waals surface area contributed by atoms with E-state index < -0.39 is 0 Å². The van der Waals surface area contributed by atoms with Crippen molar-refractivity contribution in [3.8, 4) is 0 Å². The molecule has 1 fully saturated rings. The van der Waals surface area contributed by atoms with Crippen LogP contribution in [0.4, 0.5) is 0 Å². The zero-order chi connectivity index (χ0) is 16.2. The highest BCUT2D eigenvalue weighted by Crippen LogP contribution is 2.11. The second-order valence-electron chi connectivity index (χ2n) is 5.34. The molecule has 0 N–H and O–H groups in total. The third-order valence-electron chi connectivity index (χ3n) is 3.80. The molecule has 0 unspecified atom stereocenters. The Morgan fingerprint density at radius 3 is 2.57 bits per heavy atom. The fourth-order valence-corrected chi connectivity index (χ4v) is 2.62. The van der Waals surface area contributed by atoms with Gasteiger partial charge >= 0.3 is 0 Å². The highest BCUT2D eigenvalue weighted by Gasteiger charge is 2.24. The number of Topliss-reactive ketones (excluding diaryl/α,β-unsaturated/α-hetero) is 1. The summed E-state index contributed by atoms with van der Waals surface area (Å²) >= 11 is 5.73. The summed E-state index contributed by atoms with van der Waals surface area (Å²) in [4.78, 5) is 32.1. The summed E-state index contributed by atoms with van der Waals surface area (Å²) in [6, 6.07) is 6.64. The third-order valence-corrected chi connectivity index (χ3v) is 4.02. The Morgan fingerprint density at radius 1 is 1.17 bits per heavy atom. The van der Waals surface area contributed by atoms with Crippen LogP contribution in [0.2, 0.25) is 5.15 Å². The van der Waals surface area contributed by atoms with Gasteiger partial charge in [0.15, 0.2) is 5.76 Å². The van der Waals surface area contributed by atoms with Crippen LogP contribution in [-0.2, 0) is 0 Å². The maximum atomic E-state index is 12.4. The standard InChI is InChI=1S/C16H16ClN3O3/c17-15-4-3-12(10-18-15)16(22)20-7-5-19(6-8-20)11-13(21)14-2-1-9-23-14/h1-4,9-10H,5-8,11H2. The monoisotopic (exact) mass is 333 g/mol. The van der Waals surface area contributed by atoms with Crippen molar-refractivity contribution in [2.24, 2.45) is 0 Å². The quantitative estimate of drug-likeness (QED) is 0.632. The zero-order valence-corrected chi connectivity index (χ0v) is 13.2. The van der Waals surface area contributed by atoms with E-state index in [2.05, 4.69) is 4.98 Å². The topological polar surface area (TPSA) is 66.7 Å². The lowest BCUT2D eigenvalue weighted by atomic mass is 10.2. The molecule has 3 heterocycles. The van der Waals surface area contributed by atoms with Crippen molar-refractivity contribution in [1.29, 1.82) is 0 Å². The number of ketones is 1. The van der Waals surface area contributed by atoms with Gasteiger partial charge < -0.3 is 9.32 Å². The first kappa shape index (κ1) is 15.7. The van der Waals surface area contributed by atoms with Gasteiger partial charge in [0.1, 0.15) is 5.15 Å². The Kier molecular flexibility index (Phi) is 4.73. The fraction of sp³-hybridized carbons (Fsp3) is 0.312. The van der Waals surface area contributed by atoms with Crippen molar-refractivity contribution in [2.45, 2.75) is 0 Å². The van der Waals surface area contributed by atoms with Gasteiger partial charge in [-0.05, 0) is 24.3 Å². The summed E-state index contributed by atoms with van der Waals surface area (Å²) in [6.07, 6.45) is 2.97. The molecule has 120 valence electrons. The number of rotatable bonds is 4. The molecule has 0 aliphatic carbocycles. The van der Waals surface area contributed by atoms with E-state index >= 15 is 0 Å². The van der Waals surface area contributed by atoms with Gasteiger partial charge in [-0.15, -0.1) is 0 Å². The number of pyridine rings is 1. The van der Waals surface area contributed by atoms with E-state index in [0.29, 0.717) is 49.2 Å². The molecule has 0 saturated carbocycles. The summed E-state index contributed by atoms with van der Waals surface area (Å²) in [5.41, 5.74) is 0.523. The van der Waals surface area contributed by atoms with Gasteiger partial charge in [0.2, 0.25) is 5.78 Å². The van der Waals surface area contributed by atoms with E-state index in [-0.39, 0.29) is 11.7 Å². The van der Waals surface area contributed by atoms with Crippen molar-refractivity contribution >= 4 is 23.3 Å². The van der Waals surface area contributed by atoms with E-state index in [1.807, 2.05) is 4.90 Å². The van der Waals surface area contributed by atoms with Gasteiger partial charge in [-0.25, -0.2) is 4.98 Å². The largest absolute Gasteiger partial charge is 0.461 e. The minimum atomic E-state index is -0.0637. The van der Waals surface area contributed by atoms with E-state index in [4.69, 9.17) is 16.0 Å². The molecule has 0 spiro atoms. The van der Waals surface area contributed by atoms with E-state index in [1.54, 1.807) is 29.2 Å². The second kappa shape index (κ2) is 6.93. The maximum Gasteiger partial charge on any atom is 0.255 e. The first-order valence-electron chi connectivity index (χ1n) is 7.33. The lowest BCUT2D eigenvalue weighted by Gasteiger charge is -2.34. The van der Waals surface area contributed by atoms with Crippen LogP contribution in [0.5, 0.6) is 0 Å². The predicted octanol–water partition coefficient (Wildman–Crippen LogP) is 1.97. The smallest absolute Gasteiger partial charge is 0.255 e. The van der Waals surface area contributed by atoms with Gasteiger partial charge in [-0.3, -0.25) is 14.5 Å². The van der Waals surface area contributed by atoms with Crippen molar-refractivity contribution in [3.63, 3.8) is 0 Å². The van der Waals surface area contributed by atoms with Crippen molar-refractivity contribution < 1.29 is 14.0 Å². The Hall–Kier alpha value is -2.18. The van der Waals surface area contributed by atoms with E-state index in [1.165, 1.54) is 12.5 Å². The second-order valence-corrected chi connectivity index (χ2v) is 5.73. The molecular formula is C16H16ClN3O3. The van der Waals surface area contributed by atoms with Crippen LogP contribution in [0.1, 0.15) is 20.9 Å². The van der Waals surface area contributed by atoms with Gasteiger partial charge in [0, 0.05) is 32.4 Å². The molecule has 0 atom stereocenters. The Morgan fingerprint density at radius 2 is 1.96 bits per heavy atom. The highest BCUT2D eigenvalue weighted by molar-refractivity contribution is 6.29. The molecule has 1 amide bonds. The minimum absolute atomic E-state index is 0.0447. The van der Waals surface area contributed by atoms with E-state index in [9.17, 15) is 9.59 Å². The number of nitrogens with zero attached hydrogens (tertiary/aromatic N) is 3. The molecule has 1 saturated heterocycles. The molecule has 2 aromatic heterocycles. The number of amides is 1. The number of hydrogen-bond donors (Lipinski definition) is 0.